The summed E-state index contributed by atoms with van der Waals surface area (Å²) in [7, 11) is 1.06. The molecule has 2 rings (SSSR count). The fraction of sp³-hybridized carbons (Fsp3) is 0.556. The number of carbonyl (C=O) groups is 2. The van der Waals surface area contributed by atoms with Crippen LogP contribution < -0.4 is 14.9 Å². The Morgan fingerprint density at radius 1 is 0.964 bits per heavy atom. The van der Waals surface area contributed by atoms with E-state index in [0.717, 1.165) is 0 Å². The molecule has 1 aliphatic heterocycles. The van der Waals surface area contributed by atoms with E-state index < -0.39 is 18.8 Å². The minimum absolute atomic E-state index is 0.153. The van der Waals surface area contributed by atoms with E-state index in [9.17, 15) is 19.6 Å². The molecule has 154 valence electrons. The molecule has 0 saturated carbocycles. The summed E-state index contributed by atoms with van der Waals surface area (Å²) in [6.07, 6.45) is -0.406. The largest absolute Gasteiger partial charge is 0.496 e. The highest BCUT2D eigenvalue weighted by Crippen LogP contribution is 2.29. The first kappa shape index (κ1) is 21.8. The maximum Gasteiger partial charge on any atom is 0.488 e. The Morgan fingerprint density at radius 3 is 1.82 bits per heavy atom. The molecule has 1 aromatic rings. The summed E-state index contributed by atoms with van der Waals surface area (Å²) in [5.41, 5.74) is -0.232. The van der Waals surface area contributed by atoms with Crippen LogP contribution in [0.3, 0.4) is 0 Å². The van der Waals surface area contributed by atoms with E-state index in [2.05, 4.69) is 0 Å². The normalized spacial score (nSPS) is 14.5. The van der Waals surface area contributed by atoms with Crippen LogP contribution >= 0.6 is 0 Å². The van der Waals surface area contributed by atoms with E-state index in [4.69, 9.17) is 14.2 Å². The number of piperazine rings is 1. The second-order valence-electron chi connectivity index (χ2n) is 7.43. The fourth-order valence-electron chi connectivity index (χ4n) is 2.87. The van der Waals surface area contributed by atoms with E-state index in [0.29, 0.717) is 26.2 Å². The Balaban J connectivity index is 2.16. The molecule has 1 aromatic carbocycles. The van der Waals surface area contributed by atoms with Crippen LogP contribution in [0.25, 0.3) is 0 Å². The van der Waals surface area contributed by atoms with Crippen molar-refractivity contribution in [2.75, 3.05) is 40.4 Å². The van der Waals surface area contributed by atoms with E-state index >= 15 is 0 Å². The smallest absolute Gasteiger partial charge is 0.488 e. The van der Waals surface area contributed by atoms with Gasteiger partial charge in [-0.25, -0.2) is 4.79 Å². The molecule has 1 heterocycles. The molecule has 1 fully saturated rings. The lowest BCUT2D eigenvalue weighted by Crippen LogP contribution is -2.51. The topological polar surface area (TPSA) is 109 Å². The lowest BCUT2D eigenvalue weighted by molar-refractivity contribution is 0.0140. The quantitative estimate of drug-likeness (QED) is 0.696. The number of hydrogen-bond donors (Lipinski definition) is 2. The third-order valence-electron chi connectivity index (χ3n) is 4.26. The number of carbonyl (C=O) groups excluding carboxylic acids is 2. The van der Waals surface area contributed by atoms with Gasteiger partial charge in [0.15, 0.2) is 0 Å². The summed E-state index contributed by atoms with van der Waals surface area (Å²) in [5.74, 6) is 0.0422. The molecular weight excluding hydrogens is 367 g/mol. The zero-order valence-electron chi connectivity index (χ0n) is 16.9. The van der Waals surface area contributed by atoms with Gasteiger partial charge in [-0.3, -0.25) is 4.79 Å². The molecule has 9 nitrogen and oxygen atoms in total. The van der Waals surface area contributed by atoms with Crippen molar-refractivity contribution in [1.29, 1.82) is 0 Å². The summed E-state index contributed by atoms with van der Waals surface area (Å²) in [5, 5.41) is 18.8. The highest BCUT2D eigenvalue weighted by Gasteiger charge is 2.31. The zero-order chi connectivity index (χ0) is 21.1. The van der Waals surface area contributed by atoms with Gasteiger partial charge in [0.05, 0.1) is 14.2 Å². The molecule has 0 unspecified atom stereocenters. The summed E-state index contributed by atoms with van der Waals surface area (Å²) >= 11 is 0. The summed E-state index contributed by atoms with van der Waals surface area (Å²) in [6.45, 7) is 6.75. The van der Waals surface area contributed by atoms with E-state index in [-0.39, 0.29) is 28.4 Å². The van der Waals surface area contributed by atoms with E-state index in [1.807, 2.05) is 0 Å². The fourth-order valence-corrected chi connectivity index (χ4v) is 2.87. The second kappa shape index (κ2) is 8.70. The van der Waals surface area contributed by atoms with Crippen LogP contribution in [0.2, 0.25) is 0 Å². The molecule has 0 aliphatic carbocycles. The molecule has 0 bridgehead atoms. The van der Waals surface area contributed by atoms with Crippen LogP contribution in [0.4, 0.5) is 4.79 Å². The minimum atomic E-state index is -1.72. The van der Waals surface area contributed by atoms with Crippen LogP contribution in [-0.4, -0.2) is 85.0 Å². The van der Waals surface area contributed by atoms with Gasteiger partial charge in [-0.05, 0) is 38.4 Å². The van der Waals surface area contributed by atoms with E-state index in [1.165, 1.54) is 26.4 Å². The van der Waals surface area contributed by atoms with Crippen LogP contribution in [0.5, 0.6) is 11.5 Å². The van der Waals surface area contributed by atoms with Crippen LogP contribution in [0, 0.1) is 0 Å². The molecule has 1 aliphatic rings. The molecular formula is C18H27BN2O7. The number of benzene rings is 1. The molecule has 1 saturated heterocycles. The Bertz CT molecular complexity index is 700. The molecule has 28 heavy (non-hydrogen) atoms. The number of methoxy groups -OCH3 is 2. The van der Waals surface area contributed by atoms with Gasteiger partial charge in [0.25, 0.3) is 5.91 Å². The van der Waals surface area contributed by atoms with Crippen molar-refractivity contribution in [3.05, 3.63) is 17.7 Å². The van der Waals surface area contributed by atoms with Crippen molar-refractivity contribution in [3.63, 3.8) is 0 Å². The third-order valence-corrected chi connectivity index (χ3v) is 4.26. The first-order chi connectivity index (χ1) is 13.1. The van der Waals surface area contributed by atoms with Gasteiger partial charge < -0.3 is 34.1 Å². The molecule has 0 radical (unpaired) electrons. The molecule has 2 N–H and O–H groups in total. The van der Waals surface area contributed by atoms with Crippen molar-refractivity contribution >= 4 is 24.6 Å². The summed E-state index contributed by atoms with van der Waals surface area (Å²) < 4.78 is 15.9. The van der Waals surface area contributed by atoms with Crippen molar-refractivity contribution in [2.24, 2.45) is 0 Å². The van der Waals surface area contributed by atoms with Crippen molar-refractivity contribution in [1.82, 2.24) is 9.80 Å². The molecule has 0 aromatic heterocycles. The maximum absolute atomic E-state index is 13.1. The number of hydrogen-bond acceptors (Lipinski definition) is 7. The Morgan fingerprint density at radius 2 is 1.43 bits per heavy atom. The number of rotatable bonds is 4. The summed E-state index contributed by atoms with van der Waals surface area (Å²) in [6, 6.07) is 2.77. The van der Waals surface area contributed by atoms with Crippen molar-refractivity contribution in [2.45, 2.75) is 26.4 Å². The molecule has 0 atom stereocenters. The van der Waals surface area contributed by atoms with Crippen LogP contribution in [0.1, 0.15) is 31.1 Å². The Hall–Kier alpha value is -2.46. The highest BCUT2D eigenvalue weighted by atomic mass is 16.6. The Labute approximate surface area is 164 Å². The van der Waals surface area contributed by atoms with Gasteiger partial charge in [-0.1, -0.05) is 0 Å². The standard InChI is InChI=1S/C18H27BN2O7/c1-18(2,3)28-17(23)21-8-6-20(7-9-21)16(22)15-13(26-4)10-12(19(24)25)11-14(15)27-5/h10-11,24-25H,6-9H2,1-5H3. The highest BCUT2D eigenvalue weighted by molar-refractivity contribution is 6.58. The maximum atomic E-state index is 13.1. The second-order valence-corrected chi connectivity index (χ2v) is 7.43. The summed E-state index contributed by atoms with van der Waals surface area (Å²) in [4.78, 5) is 28.4. The molecule has 0 spiro atoms. The molecule has 10 heteroatoms. The lowest BCUT2D eigenvalue weighted by atomic mass is 9.79. The first-order valence-corrected chi connectivity index (χ1v) is 8.96. The van der Waals surface area contributed by atoms with Gasteiger partial charge in [0.2, 0.25) is 0 Å². The van der Waals surface area contributed by atoms with Gasteiger partial charge >= 0.3 is 13.2 Å². The van der Waals surface area contributed by atoms with Gasteiger partial charge in [0, 0.05) is 26.2 Å². The lowest BCUT2D eigenvalue weighted by Gasteiger charge is -2.36. The van der Waals surface area contributed by atoms with Gasteiger partial charge in [0.1, 0.15) is 22.7 Å². The predicted molar refractivity (Wildman–Crippen MR) is 103 cm³/mol. The number of amides is 2. The monoisotopic (exact) mass is 394 g/mol. The van der Waals surface area contributed by atoms with Crippen LogP contribution in [-0.2, 0) is 4.74 Å². The van der Waals surface area contributed by atoms with Gasteiger partial charge in [-0.2, -0.15) is 0 Å². The average Bonchev–Trinajstić information content (AvgIpc) is 2.64. The number of ether oxygens (including phenoxy) is 3. The average molecular weight is 394 g/mol. The zero-order valence-corrected chi connectivity index (χ0v) is 16.9. The first-order valence-electron chi connectivity index (χ1n) is 8.96. The predicted octanol–water partition coefficient (Wildman–Crippen LogP) is 0.0765. The molecule has 2 amide bonds. The third kappa shape index (κ3) is 5.08. The van der Waals surface area contributed by atoms with Gasteiger partial charge in [-0.15, -0.1) is 0 Å². The Kier molecular flexibility index (Phi) is 6.79. The number of nitrogens with zero attached hydrogens (tertiary/aromatic N) is 2. The van der Waals surface area contributed by atoms with Crippen molar-refractivity contribution < 1.29 is 33.8 Å². The van der Waals surface area contributed by atoms with E-state index in [1.54, 1.807) is 30.6 Å². The minimum Gasteiger partial charge on any atom is -0.496 e. The SMILES string of the molecule is COc1cc(B(O)O)cc(OC)c1C(=O)N1CCN(C(=O)OC(C)(C)C)CC1. The van der Waals surface area contributed by atoms with Crippen molar-refractivity contribution in [3.8, 4) is 11.5 Å². The van der Waals surface area contributed by atoms with Crippen LogP contribution in [0.15, 0.2) is 12.1 Å².